The first kappa shape index (κ1) is 12.7. The first-order valence-corrected chi connectivity index (χ1v) is 6.53. The van der Waals surface area contributed by atoms with Crippen molar-refractivity contribution in [3.63, 3.8) is 0 Å². The molecule has 0 saturated carbocycles. The molecule has 2 aromatic rings. The number of halogens is 1. The van der Waals surface area contributed by atoms with Gasteiger partial charge >= 0.3 is 0 Å². The highest BCUT2D eigenvalue weighted by atomic mass is 19.1. The van der Waals surface area contributed by atoms with E-state index in [0.29, 0.717) is 24.2 Å². The Bertz CT molecular complexity index is 625. The monoisotopic (exact) mass is 271 g/mol. The van der Waals surface area contributed by atoms with E-state index in [1.807, 2.05) is 6.07 Å². The zero-order valence-corrected chi connectivity index (χ0v) is 10.8. The number of hydrogen-bond donors (Lipinski definition) is 1. The first-order valence-electron chi connectivity index (χ1n) is 6.53. The number of hydrogen-bond acceptors (Lipinski definition) is 2. The Hall–Kier alpha value is -2.36. The molecule has 1 aliphatic heterocycles. The Morgan fingerprint density at radius 3 is 2.65 bits per heavy atom. The molecule has 3 nitrogen and oxygen atoms in total. The van der Waals surface area contributed by atoms with Crippen LogP contribution in [-0.4, -0.2) is 12.1 Å². The molecular formula is C16H14FNO2. The SMILES string of the molecule is O=C1N[C@@H](CCc2ccc(F)cc2)Oc2ccccc21. The molecule has 0 saturated heterocycles. The Balaban J connectivity index is 1.65. The Morgan fingerprint density at radius 2 is 1.85 bits per heavy atom. The number of amides is 1. The summed E-state index contributed by atoms with van der Waals surface area (Å²) in [5, 5.41) is 2.82. The summed E-state index contributed by atoms with van der Waals surface area (Å²) >= 11 is 0. The van der Waals surface area contributed by atoms with Gasteiger partial charge in [-0.25, -0.2) is 4.39 Å². The molecule has 0 fully saturated rings. The van der Waals surface area contributed by atoms with Gasteiger partial charge in [0.1, 0.15) is 11.6 Å². The van der Waals surface area contributed by atoms with Crippen molar-refractivity contribution in [2.45, 2.75) is 19.1 Å². The van der Waals surface area contributed by atoms with Crippen molar-refractivity contribution >= 4 is 5.91 Å². The quantitative estimate of drug-likeness (QED) is 0.932. The molecule has 1 aliphatic rings. The molecule has 3 rings (SSSR count). The third kappa shape index (κ3) is 2.64. The first-order chi connectivity index (χ1) is 9.72. The predicted octanol–water partition coefficient (Wildman–Crippen LogP) is 2.91. The molecule has 1 heterocycles. The van der Waals surface area contributed by atoms with Crippen LogP contribution >= 0.6 is 0 Å². The van der Waals surface area contributed by atoms with Crippen LogP contribution in [0.25, 0.3) is 0 Å². The van der Waals surface area contributed by atoms with Gasteiger partial charge < -0.3 is 10.1 Å². The number of rotatable bonds is 3. The summed E-state index contributed by atoms with van der Waals surface area (Å²) in [4.78, 5) is 11.9. The third-order valence-corrected chi connectivity index (χ3v) is 3.30. The molecule has 0 radical (unpaired) electrons. The molecule has 1 N–H and O–H groups in total. The van der Waals surface area contributed by atoms with E-state index in [-0.39, 0.29) is 18.0 Å². The summed E-state index contributed by atoms with van der Waals surface area (Å²) in [6.45, 7) is 0. The van der Waals surface area contributed by atoms with E-state index in [2.05, 4.69) is 5.32 Å². The maximum Gasteiger partial charge on any atom is 0.257 e. The second-order valence-electron chi connectivity index (χ2n) is 4.74. The minimum atomic E-state index is -0.345. The number of aryl methyl sites for hydroxylation is 1. The van der Waals surface area contributed by atoms with Crippen molar-refractivity contribution in [3.8, 4) is 5.75 Å². The lowest BCUT2D eigenvalue weighted by molar-refractivity contribution is 0.0741. The fourth-order valence-corrected chi connectivity index (χ4v) is 2.24. The molecule has 0 aliphatic carbocycles. The van der Waals surface area contributed by atoms with Gasteiger partial charge in [0.25, 0.3) is 5.91 Å². The van der Waals surface area contributed by atoms with Crippen molar-refractivity contribution in [1.82, 2.24) is 5.32 Å². The van der Waals surface area contributed by atoms with E-state index in [1.54, 1.807) is 30.3 Å². The number of carbonyl (C=O) groups is 1. The van der Waals surface area contributed by atoms with E-state index in [4.69, 9.17) is 4.74 Å². The number of ether oxygens (including phenoxy) is 1. The zero-order chi connectivity index (χ0) is 13.9. The fraction of sp³-hybridized carbons (Fsp3) is 0.188. The van der Waals surface area contributed by atoms with Gasteiger partial charge in [0.05, 0.1) is 5.56 Å². The summed E-state index contributed by atoms with van der Waals surface area (Å²) in [5.74, 6) is 0.251. The molecule has 0 aromatic heterocycles. The van der Waals surface area contributed by atoms with E-state index >= 15 is 0 Å². The maximum atomic E-state index is 12.8. The van der Waals surface area contributed by atoms with Crippen molar-refractivity contribution in [1.29, 1.82) is 0 Å². The van der Waals surface area contributed by atoms with Gasteiger partial charge in [0, 0.05) is 6.42 Å². The van der Waals surface area contributed by atoms with Gasteiger partial charge in [0.15, 0.2) is 6.23 Å². The molecule has 102 valence electrons. The van der Waals surface area contributed by atoms with Gasteiger partial charge in [-0.2, -0.15) is 0 Å². The highest BCUT2D eigenvalue weighted by Crippen LogP contribution is 2.23. The second kappa shape index (κ2) is 5.33. The van der Waals surface area contributed by atoms with Crippen LogP contribution in [0.1, 0.15) is 22.3 Å². The molecule has 2 aromatic carbocycles. The summed E-state index contributed by atoms with van der Waals surface area (Å²) < 4.78 is 18.6. The van der Waals surface area contributed by atoms with Crippen LogP contribution in [0.15, 0.2) is 48.5 Å². The molecule has 0 bridgehead atoms. The Morgan fingerprint density at radius 1 is 1.10 bits per heavy atom. The van der Waals surface area contributed by atoms with E-state index in [1.165, 1.54) is 12.1 Å². The highest BCUT2D eigenvalue weighted by molar-refractivity contribution is 5.97. The molecule has 1 amide bonds. The van der Waals surface area contributed by atoms with Crippen LogP contribution in [0.2, 0.25) is 0 Å². The van der Waals surface area contributed by atoms with E-state index in [9.17, 15) is 9.18 Å². The van der Waals surface area contributed by atoms with Crippen LogP contribution < -0.4 is 10.1 Å². The van der Waals surface area contributed by atoms with E-state index in [0.717, 1.165) is 5.56 Å². The lowest BCUT2D eigenvalue weighted by Crippen LogP contribution is -2.43. The van der Waals surface area contributed by atoms with Gasteiger partial charge in [0.2, 0.25) is 0 Å². The van der Waals surface area contributed by atoms with Crippen LogP contribution in [0.5, 0.6) is 5.75 Å². The van der Waals surface area contributed by atoms with Gasteiger partial charge in [-0.1, -0.05) is 24.3 Å². The topological polar surface area (TPSA) is 38.3 Å². The van der Waals surface area contributed by atoms with Crippen LogP contribution in [0.4, 0.5) is 4.39 Å². The van der Waals surface area contributed by atoms with Crippen molar-refractivity contribution in [3.05, 3.63) is 65.5 Å². The average Bonchev–Trinajstić information content (AvgIpc) is 2.47. The maximum absolute atomic E-state index is 12.8. The lowest BCUT2D eigenvalue weighted by atomic mass is 10.1. The molecule has 0 spiro atoms. The third-order valence-electron chi connectivity index (χ3n) is 3.30. The van der Waals surface area contributed by atoms with Crippen LogP contribution in [-0.2, 0) is 6.42 Å². The standard InChI is InChI=1S/C16H14FNO2/c17-12-8-5-11(6-9-12)7-10-15-18-16(19)13-3-1-2-4-14(13)20-15/h1-6,8-9,15H,7,10H2,(H,18,19)/t15-/m1/s1. The highest BCUT2D eigenvalue weighted by Gasteiger charge is 2.24. The minimum absolute atomic E-state index is 0.115. The van der Waals surface area contributed by atoms with Gasteiger partial charge in [-0.05, 0) is 36.2 Å². The van der Waals surface area contributed by atoms with E-state index < -0.39 is 0 Å². The number of para-hydroxylation sites is 1. The van der Waals surface area contributed by atoms with Crippen LogP contribution in [0, 0.1) is 5.82 Å². The lowest BCUT2D eigenvalue weighted by Gasteiger charge is -2.26. The molecule has 0 unspecified atom stereocenters. The normalized spacial score (nSPS) is 17.1. The summed E-state index contributed by atoms with van der Waals surface area (Å²) in [6, 6.07) is 13.5. The van der Waals surface area contributed by atoms with Crippen molar-refractivity contribution in [2.75, 3.05) is 0 Å². The molecular weight excluding hydrogens is 257 g/mol. The number of benzene rings is 2. The smallest absolute Gasteiger partial charge is 0.257 e. The predicted molar refractivity (Wildman–Crippen MR) is 73.0 cm³/mol. The zero-order valence-electron chi connectivity index (χ0n) is 10.8. The summed E-state index contributed by atoms with van der Waals surface area (Å²) in [5.41, 5.74) is 1.58. The Kier molecular flexibility index (Phi) is 3.37. The minimum Gasteiger partial charge on any atom is -0.470 e. The molecule has 20 heavy (non-hydrogen) atoms. The van der Waals surface area contributed by atoms with Gasteiger partial charge in [-0.15, -0.1) is 0 Å². The number of nitrogens with one attached hydrogen (secondary N) is 1. The number of carbonyl (C=O) groups excluding carboxylic acids is 1. The molecule has 1 atom stereocenters. The number of fused-ring (bicyclic) bond motifs is 1. The second-order valence-corrected chi connectivity index (χ2v) is 4.74. The van der Waals surface area contributed by atoms with Crippen molar-refractivity contribution in [2.24, 2.45) is 0 Å². The average molecular weight is 271 g/mol. The summed E-state index contributed by atoms with van der Waals surface area (Å²) in [7, 11) is 0. The fourth-order valence-electron chi connectivity index (χ4n) is 2.24. The van der Waals surface area contributed by atoms with Gasteiger partial charge in [-0.3, -0.25) is 4.79 Å². The Labute approximate surface area is 116 Å². The summed E-state index contributed by atoms with van der Waals surface area (Å²) in [6.07, 6.45) is 1.02. The van der Waals surface area contributed by atoms with Crippen molar-refractivity contribution < 1.29 is 13.9 Å². The largest absolute Gasteiger partial charge is 0.470 e. The molecule has 4 heteroatoms. The van der Waals surface area contributed by atoms with Crippen LogP contribution in [0.3, 0.4) is 0 Å².